The van der Waals surface area contributed by atoms with Crippen LogP contribution in [0.5, 0.6) is 11.5 Å². The van der Waals surface area contributed by atoms with Crippen LogP contribution in [0.15, 0.2) is 23.3 Å². The van der Waals surface area contributed by atoms with Crippen LogP contribution in [-0.4, -0.2) is 73.0 Å². The third-order valence-electron chi connectivity index (χ3n) is 5.09. The van der Waals surface area contributed by atoms with E-state index in [0.29, 0.717) is 55.1 Å². The van der Waals surface area contributed by atoms with Crippen molar-refractivity contribution >= 4 is 22.8 Å². The summed E-state index contributed by atoms with van der Waals surface area (Å²) in [5.41, 5.74) is 0.254. The van der Waals surface area contributed by atoms with E-state index in [-0.39, 0.29) is 24.4 Å². The van der Waals surface area contributed by atoms with Crippen LogP contribution in [0.3, 0.4) is 0 Å². The number of hydrogen-bond donors (Lipinski definition) is 0. The third-order valence-corrected chi connectivity index (χ3v) is 5.09. The Morgan fingerprint density at radius 3 is 2.52 bits per heavy atom. The highest BCUT2D eigenvalue weighted by Crippen LogP contribution is 2.29. The predicted molar refractivity (Wildman–Crippen MR) is 111 cm³/mol. The van der Waals surface area contributed by atoms with Gasteiger partial charge in [-0.2, -0.15) is 0 Å². The van der Waals surface area contributed by atoms with Crippen molar-refractivity contribution in [2.24, 2.45) is 0 Å². The number of nitrogens with zero attached hydrogens (tertiary/aromatic N) is 3. The molecule has 1 aromatic carbocycles. The number of methoxy groups -OCH3 is 2. The Hall–Kier alpha value is -3.14. The number of carbonyl (C=O) groups excluding carboxylic acids is 2. The molecule has 0 radical (unpaired) electrons. The minimum absolute atomic E-state index is 0.0805. The number of fused-ring (bicyclic) bond motifs is 1. The van der Waals surface area contributed by atoms with E-state index in [0.717, 1.165) is 0 Å². The number of hydrogen-bond acceptors (Lipinski definition) is 8. The Bertz CT molecular complexity index is 998. The second-order valence-electron chi connectivity index (χ2n) is 7.14. The summed E-state index contributed by atoms with van der Waals surface area (Å²) < 4.78 is 22.4. The highest BCUT2D eigenvalue weighted by Gasteiger charge is 2.25. The van der Waals surface area contributed by atoms with Gasteiger partial charge in [-0.3, -0.25) is 19.0 Å². The lowest BCUT2D eigenvalue weighted by molar-refractivity contribution is -0.161. The van der Waals surface area contributed by atoms with E-state index < -0.39 is 12.1 Å². The molecule has 0 bridgehead atoms. The highest BCUT2D eigenvalue weighted by molar-refractivity contribution is 5.83. The molecular weight excluding hydrogens is 406 g/mol. The lowest BCUT2D eigenvalue weighted by Gasteiger charge is -2.28. The number of amides is 1. The first kappa shape index (κ1) is 22.5. The van der Waals surface area contributed by atoms with Gasteiger partial charge in [-0.05, 0) is 19.4 Å². The molecule has 1 saturated heterocycles. The Balaban J connectivity index is 1.57. The monoisotopic (exact) mass is 433 g/mol. The summed E-state index contributed by atoms with van der Waals surface area (Å²) in [6, 6.07) is 3.23. The van der Waals surface area contributed by atoms with Gasteiger partial charge in [0.05, 0.1) is 44.7 Å². The lowest BCUT2D eigenvalue weighted by atomic mass is 10.2. The van der Waals surface area contributed by atoms with Crippen LogP contribution in [0.1, 0.15) is 19.8 Å². The molecule has 0 spiro atoms. The number of rotatable bonds is 8. The molecule has 0 saturated carbocycles. The maximum absolute atomic E-state index is 12.8. The van der Waals surface area contributed by atoms with Gasteiger partial charge in [0, 0.05) is 32.1 Å². The van der Waals surface area contributed by atoms with Gasteiger partial charge < -0.3 is 23.8 Å². The average Bonchev–Trinajstić information content (AvgIpc) is 2.79. The summed E-state index contributed by atoms with van der Waals surface area (Å²) in [5, 5.41) is 0.396. The van der Waals surface area contributed by atoms with E-state index >= 15 is 0 Å². The Morgan fingerprint density at radius 1 is 1.16 bits per heavy atom. The molecule has 3 rings (SSSR count). The van der Waals surface area contributed by atoms with E-state index in [4.69, 9.17) is 18.9 Å². The van der Waals surface area contributed by atoms with Crippen molar-refractivity contribution in [3.05, 3.63) is 28.8 Å². The zero-order chi connectivity index (χ0) is 22.4. The van der Waals surface area contributed by atoms with Crippen molar-refractivity contribution in [3.8, 4) is 11.5 Å². The minimum atomic E-state index is -0.849. The molecule has 10 heteroatoms. The molecule has 168 valence electrons. The molecule has 1 unspecified atom stereocenters. The molecule has 2 aromatic rings. The smallest absolute Gasteiger partial charge is 0.306 e. The SMILES string of the molecule is COc1cc2ncn(CCCC(=O)OC(C)C(=O)N3CCOCC3)c(=O)c2cc1OC. The number of benzene rings is 1. The quantitative estimate of drug-likeness (QED) is 0.567. The van der Waals surface area contributed by atoms with Crippen LogP contribution in [-0.2, 0) is 25.6 Å². The second kappa shape index (κ2) is 10.3. The fourth-order valence-electron chi connectivity index (χ4n) is 3.39. The van der Waals surface area contributed by atoms with Crippen LogP contribution in [0.25, 0.3) is 10.9 Å². The average molecular weight is 433 g/mol. The summed E-state index contributed by atoms with van der Waals surface area (Å²) in [7, 11) is 3.01. The first-order valence-electron chi connectivity index (χ1n) is 10.1. The Kier molecular flexibility index (Phi) is 7.45. The Morgan fingerprint density at radius 2 is 1.84 bits per heavy atom. The fourth-order valence-corrected chi connectivity index (χ4v) is 3.39. The summed E-state index contributed by atoms with van der Waals surface area (Å²) in [4.78, 5) is 43.1. The number of aromatic nitrogens is 2. The van der Waals surface area contributed by atoms with Gasteiger partial charge in [0.2, 0.25) is 0 Å². The van der Waals surface area contributed by atoms with E-state index in [9.17, 15) is 14.4 Å². The van der Waals surface area contributed by atoms with Crippen molar-refractivity contribution in [1.29, 1.82) is 0 Å². The molecule has 1 aliphatic rings. The summed E-state index contributed by atoms with van der Waals surface area (Å²) in [6.07, 6.45) is 1.04. The van der Waals surface area contributed by atoms with Gasteiger partial charge >= 0.3 is 5.97 Å². The summed E-state index contributed by atoms with van der Waals surface area (Å²) in [6.45, 7) is 3.82. The number of morpholine rings is 1. The van der Waals surface area contributed by atoms with E-state index in [2.05, 4.69) is 4.98 Å². The molecule has 0 N–H and O–H groups in total. The Labute approximate surface area is 179 Å². The number of aryl methyl sites for hydroxylation is 1. The van der Waals surface area contributed by atoms with Gasteiger partial charge in [-0.15, -0.1) is 0 Å². The normalized spacial score (nSPS) is 14.9. The van der Waals surface area contributed by atoms with E-state index in [1.54, 1.807) is 24.0 Å². The predicted octanol–water partition coefficient (Wildman–Crippen LogP) is 0.984. The topological polar surface area (TPSA) is 109 Å². The number of ether oxygens (including phenoxy) is 4. The van der Waals surface area contributed by atoms with Gasteiger partial charge in [0.25, 0.3) is 11.5 Å². The molecule has 1 aromatic heterocycles. The van der Waals surface area contributed by atoms with Gasteiger partial charge in [0.1, 0.15) is 0 Å². The molecule has 1 atom stereocenters. The van der Waals surface area contributed by atoms with Crippen LogP contribution in [0, 0.1) is 0 Å². The molecule has 10 nitrogen and oxygen atoms in total. The molecule has 2 heterocycles. The maximum Gasteiger partial charge on any atom is 0.306 e. The van der Waals surface area contributed by atoms with Crippen LogP contribution in [0.4, 0.5) is 0 Å². The minimum Gasteiger partial charge on any atom is -0.493 e. The highest BCUT2D eigenvalue weighted by atomic mass is 16.5. The van der Waals surface area contributed by atoms with Crippen molar-refractivity contribution in [2.45, 2.75) is 32.4 Å². The zero-order valence-electron chi connectivity index (χ0n) is 18.0. The first-order valence-corrected chi connectivity index (χ1v) is 10.1. The van der Waals surface area contributed by atoms with Crippen molar-refractivity contribution in [2.75, 3.05) is 40.5 Å². The van der Waals surface area contributed by atoms with Crippen LogP contribution in [0.2, 0.25) is 0 Å². The molecule has 0 aliphatic carbocycles. The van der Waals surface area contributed by atoms with E-state index in [1.807, 2.05) is 0 Å². The van der Waals surface area contributed by atoms with Gasteiger partial charge in [-0.25, -0.2) is 4.98 Å². The van der Waals surface area contributed by atoms with Crippen LogP contribution < -0.4 is 15.0 Å². The lowest BCUT2D eigenvalue weighted by Crippen LogP contribution is -2.46. The molecular formula is C21H27N3O7. The van der Waals surface area contributed by atoms with Crippen LogP contribution >= 0.6 is 0 Å². The molecule has 1 fully saturated rings. The summed E-state index contributed by atoms with van der Waals surface area (Å²) >= 11 is 0. The standard InChI is InChI=1S/C21H27N3O7/c1-14(20(26)23-7-9-30-10-8-23)31-19(25)5-4-6-24-13-22-16-12-18(29-3)17(28-2)11-15(16)21(24)27/h11-14H,4-10H2,1-3H3. The third kappa shape index (κ3) is 5.32. The second-order valence-corrected chi connectivity index (χ2v) is 7.14. The first-order chi connectivity index (χ1) is 14.9. The summed E-state index contributed by atoms with van der Waals surface area (Å²) in [5.74, 6) is 0.218. The molecule has 1 amide bonds. The zero-order valence-corrected chi connectivity index (χ0v) is 18.0. The number of carbonyl (C=O) groups is 2. The van der Waals surface area contributed by atoms with Crippen molar-refractivity contribution < 1.29 is 28.5 Å². The fraction of sp³-hybridized carbons (Fsp3) is 0.524. The van der Waals surface area contributed by atoms with E-state index in [1.165, 1.54) is 25.1 Å². The largest absolute Gasteiger partial charge is 0.493 e. The number of esters is 1. The van der Waals surface area contributed by atoms with Gasteiger partial charge in [-0.1, -0.05) is 0 Å². The van der Waals surface area contributed by atoms with Crippen molar-refractivity contribution in [3.63, 3.8) is 0 Å². The van der Waals surface area contributed by atoms with Gasteiger partial charge in [0.15, 0.2) is 17.6 Å². The molecule has 1 aliphatic heterocycles. The maximum atomic E-state index is 12.8. The van der Waals surface area contributed by atoms with Crippen molar-refractivity contribution in [1.82, 2.24) is 14.5 Å². The molecule has 31 heavy (non-hydrogen) atoms.